The molecule has 0 radical (unpaired) electrons. The average Bonchev–Trinajstić information content (AvgIpc) is 2.38. The molecule has 1 aliphatic heterocycles. The molecule has 1 aliphatic rings. The highest BCUT2D eigenvalue weighted by molar-refractivity contribution is 5.12. The molecule has 2 N–H and O–H groups in total. The standard InChI is InChI=1S/C13H21N3/c1-11(13-3-2-6-15-10-13)16-9-12-4-7-14-8-5-12/h2-3,6,10-12,14,16H,4-5,7-9H2,1H3/t11-/m1/s1. The minimum absolute atomic E-state index is 0.406. The Morgan fingerprint density at radius 2 is 2.31 bits per heavy atom. The molecule has 0 aliphatic carbocycles. The second kappa shape index (κ2) is 5.97. The highest BCUT2D eigenvalue weighted by Crippen LogP contribution is 2.14. The predicted molar refractivity (Wildman–Crippen MR) is 66.2 cm³/mol. The van der Waals surface area contributed by atoms with Crippen LogP contribution in [-0.4, -0.2) is 24.6 Å². The van der Waals surface area contributed by atoms with Crippen LogP contribution in [0.3, 0.4) is 0 Å². The van der Waals surface area contributed by atoms with Crippen LogP contribution < -0.4 is 10.6 Å². The maximum atomic E-state index is 4.15. The van der Waals surface area contributed by atoms with Gasteiger partial charge >= 0.3 is 0 Å². The second-order valence-corrected chi connectivity index (χ2v) is 4.61. The first kappa shape index (κ1) is 11.6. The van der Waals surface area contributed by atoms with E-state index in [1.165, 1.54) is 31.5 Å². The Labute approximate surface area is 97.7 Å². The zero-order valence-corrected chi connectivity index (χ0v) is 9.95. The van der Waals surface area contributed by atoms with Gasteiger partial charge < -0.3 is 10.6 Å². The molecule has 2 rings (SSSR count). The van der Waals surface area contributed by atoms with Gasteiger partial charge in [-0.25, -0.2) is 0 Å². The van der Waals surface area contributed by atoms with Gasteiger partial charge in [0.25, 0.3) is 0 Å². The van der Waals surface area contributed by atoms with Gasteiger partial charge in [0.2, 0.25) is 0 Å². The molecule has 1 aromatic heterocycles. The molecule has 16 heavy (non-hydrogen) atoms. The summed E-state index contributed by atoms with van der Waals surface area (Å²) in [4.78, 5) is 4.15. The third kappa shape index (κ3) is 3.29. The normalized spacial score (nSPS) is 19.6. The highest BCUT2D eigenvalue weighted by Gasteiger charge is 2.14. The van der Waals surface area contributed by atoms with Gasteiger partial charge in [0.15, 0.2) is 0 Å². The lowest BCUT2D eigenvalue weighted by molar-refractivity contribution is 0.345. The molecule has 3 nitrogen and oxygen atoms in total. The molecule has 1 saturated heterocycles. The highest BCUT2D eigenvalue weighted by atomic mass is 14.9. The maximum absolute atomic E-state index is 4.15. The molecule has 0 bridgehead atoms. The zero-order chi connectivity index (χ0) is 11.2. The first-order chi connectivity index (χ1) is 7.86. The fraction of sp³-hybridized carbons (Fsp3) is 0.615. The molecule has 1 aromatic rings. The molecule has 88 valence electrons. The van der Waals surface area contributed by atoms with E-state index >= 15 is 0 Å². The number of pyridine rings is 1. The van der Waals surface area contributed by atoms with E-state index in [2.05, 4.69) is 28.6 Å². The van der Waals surface area contributed by atoms with Crippen LogP contribution in [0, 0.1) is 5.92 Å². The Kier molecular flexibility index (Phi) is 4.31. The number of piperidine rings is 1. The van der Waals surface area contributed by atoms with E-state index in [0.717, 1.165) is 12.5 Å². The van der Waals surface area contributed by atoms with Crippen molar-refractivity contribution >= 4 is 0 Å². The van der Waals surface area contributed by atoms with Crippen LogP contribution in [0.1, 0.15) is 31.4 Å². The summed E-state index contributed by atoms with van der Waals surface area (Å²) in [5.41, 5.74) is 1.27. The predicted octanol–water partition coefficient (Wildman–Crippen LogP) is 1.73. The van der Waals surface area contributed by atoms with Crippen molar-refractivity contribution in [2.45, 2.75) is 25.8 Å². The van der Waals surface area contributed by atoms with Crippen LogP contribution in [0.4, 0.5) is 0 Å². The average molecular weight is 219 g/mol. The van der Waals surface area contributed by atoms with Gasteiger partial charge in [0.05, 0.1) is 0 Å². The van der Waals surface area contributed by atoms with E-state index in [0.29, 0.717) is 6.04 Å². The lowest BCUT2D eigenvalue weighted by Crippen LogP contribution is -2.34. The van der Waals surface area contributed by atoms with E-state index in [9.17, 15) is 0 Å². The monoisotopic (exact) mass is 219 g/mol. The summed E-state index contributed by atoms with van der Waals surface area (Å²) in [5.74, 6) is 0.834. The molecule has 0 amide bonds. The number of hydrogen-bond acceptors (Lipinski definition) is 3. The molecule has 1 fully saturated rings. The van der Waals surface area contributed by atoms with Crippen LogP contribution in [0.15, 0.2) is 24.5 Å². The number of rotatable bonds is 4. The Bertz CT molecular complexity index is 293. The zero-order valence-electron chi connectivity index (χ0n) is 9.95. The van der Waals surface area contributed by atoms with E-state index in [1.807, 2.05) is 18.5 Å². The van der Waals surface area contributed by atoms with Crippen LogP contribution in [0.25, 0.3) is 0 Å². The van der Waals surface area contributed by atoms with Gasteiger partial charge in [-0.2, -0.15) is 0 Å². The van der Waals surface area contributed by atoms with Gasteiger partial charge in [0, 0.05) is 18.4 Å². The molecule has 0 saturated carbocycles. The molecule has 2 heterocycles. The lowest BCUT2D eigenvalue weighted by atomic mass is 9.97. The number of nitrogens with one attached hydrogen (secondary N) is 2. The van der Waals surface area contributed by atoms with Crippen LogP contribution in [0.2, 0.25) is 0 Å². The Hall–Kier alpha value is -0.930. The molecule has 0 unspecified atom stereocenters. The summed E-state index contributed by atoms with van der Waals surface area (Å²) < 4.78 is 0. The number of nitrogens with zero attached hydrogens (tertiary/aromatic N) is 1. The van der Waals surface area contributed by atoms with E-state index in [4.69, 9.17) is 0 Å². The number of hydrogen-bond donors (Lipinski definition) is 2. The van der Waals surface area contributed by atoms with Gasteiger partial charge in [-0.1, -0.05) is 6.07 Å². The Balaban J connectivity index is 1.77. The topological polar surface area (TPSA) is 37.0 Å². The SMILES string of the molecule is C[C@@H](NCC1CCNCC1)c1cccnc1. The molecule has 0 aromatic carbocycles. The van der Waals surface area contributed by atoms with Crippen LogP contribution in [-0.2, 0) is 0 Å². The third-order valence-electron chi connectivity index (χ3n) is 3.36. The molecular formula is C13H21N3. The largest absolute Gasteiger partial charge is 0.317 e. The van der Waals surface area contributed by atoms with Gasteiger partial charge in [-0.15, -0.1) is 0 Å². The molecule has 1 atom stereocenters. The third-order valence-corrected chi connectivity index (χ3v) is 3.36. The smallest absolute Gasteiger partial charge is 0.0315 e. The van der Waals surface area contributed by atoms with Crippen molar-refractivity contribution in [1.29, 1.82) is 0 Å². The molecule has 0 spiro atoms. The molecule has 3 heteroatoms. The first-order valence-corrected chi connectivity index (χ1v) is 6.20. The Morgan fingerprint density at radius 3 is 3.00 bits per heavy atom. The lowest BCUT2D eigenvalue weighted by Gasteiger charge is -2.24. The van der Waals surface area contributed by atoms with Crippen molar-refractivity contribution in [3.05, 3.63) is 30.1 Å². The fourth-order valence-corrected chi connectivity index (χ4v) is 2.18. The minimum Gasteiger partial charge on any atom is -0.317 e. The summed E-state index contributed by atoms with van der Waals surface area (Å²) in [7, 11) is 0. The first-order valence-electron chi connectivity index (χ1n) is 6.20. The summed E-state index contributed by atoms with van der Waals surface area (Å²) >= 11 is 0. The van der Waals surface area contributed by atoms with E-state index < -0.39 is 0 Å². The summed E-state index contributed by atoms with van der Waals surface area (Å²) in [6.07, 6.45) is 6.36. The van der Waals surface area contributed by atoms with E-state index in [1.54, 1.807) is 0 Å². The summed E-state index contributed by atoms with van der Waals surface area (Å²) in [5, 5.41) is 7.00. The Morgan fingerprint density at radius 1 is 1.50 bits per heavy atom. The number of aromatic nitrogens is 1. The van der Waals surface area contributed by atoms with Crippen molar-refractivity contribution < 1.29 is 0 Å². The van der Waals surface area contributed by atoms with Crippen molar-refractivity contribution in [2.75, 3.05) is 19.6 Å². The minimum atomic E-state index is 0.406. The van der Waals surface area contributed by atoms with Crippen LogP contribution >= 0.6 is 0 Å². The summed E-state index contributed by atoms with van der Waals surface area (Å²) in [6, 6.07) is 4.54. The van der Waals surface area contributed by atoms with E-state index in [-0.39, 0.29) is 0 Å². The van der Waals surface area contributed by atoms with Crippen molar-refractivity contribution in [2.24, 2.45) is 5.92 Å². The van der Waals surface area contributed by atoms with Crippen molar-refractivity contribution in [1.82, 2.24) is 15.6 Å². The van der Waals surface area contributed by atoms with Crippen molar-refractivity contribution in [3.8, 4) is 0 Å². The maximum Gasteiger partial charge on any atom is 0.0315 e. The van der Waals surface area contributed by atoms with Crippen molar-refractivity contribution in [3.63, 3.8) is 0 Å². The van der Waals surface area contributed by atoms with Crippen LogP contribution in [0.5, 0.6) is 0 Å². The van der Waals surface area contributed by atoms with Gasteiger partial charge in [-0.05, 0) is 56.9 Å². The second-order valence-electron chi connectivity index (χ2n) is 4.61. The van der Waals surface area contributed by atoms with Gasteiger partial charge in [0.1, 0.15) is 0 Å². The quantitative estimate of drug-likeness (QED) is 0.810. The van der Waals surface area contributed by atoms with Gasteiger partial charge in [-0.3, -0.25) is 4.98 Å². The summed E-state index contributed by atoms with van der Waals surface area (Å²) in [6.45, 7) is 5.68. The fourth-order valence-electron chi connectivity index (χ4n) is 2.18. The molecular weight excluding hydrogens is 198 g/mol.